The first kappa shape index (κ1) is 18.1. The molecule has 2 amide bonds. The number of methoxy groups -OCH3 is 1. The minimum atomic E-state index is -0.400. The van der Waals surface area contributed by atoms with Crippen molar-refractivity contribution in [1.29, 1.82) is 0 Å². The van der Waals surface area contributed by atoms with Crippen molar-refractivity contribution >= 4 is 11.8 Å². The maximum Gasteiger partial charge on any atom is 0.226 e. The number of hydrogen-bond donors (Lipinski definition) is 2. The highest BCUT2D eigenvalue weighted by molar-refractivity contribution is 5.90. The van der Waals surface area contributed by atoms with Crippen LogP contribution in [0.5, 0.6) is 0 Å². The lowest BCUT2D eigenvalue weighted by atomic mass is 9.92. The molecule has 7 heteroatoms. The van der Waals surface area contributed by atoms with Crippen molar-refractivity contribution in [3.8, 4) is 0 Å². The molecule has 0 saturated carbocycles. The number of carbonyl (C=O) groups is 2. The van der Waals surface area contributed by atoms with Gasteiger partial charge in [-0.1, -0.05) is 30.3 Å². The Bertz CT molecular complexity index is 718. The summed E-state index contributed by atoms with van der Waals surface area (Å²) in [6.07, 6.45) is 4.26. The van der Waals surface area contributed by atoms with Crippen molar-refractivity contribution in [2.75, 3.05) is 26.8 Å². The maximum absolute atomic E-state index is 12.8. The van der Waals surface area contributed by atoms with Gasteiger partial charge in [0.05, 0.1) is 24.9 Å². The molecule has 0 bridgehead atoms. The largest absolute Gasteiger partial charge is 0.383 e. The number of carbonyl (C=O) groups excluding carboxylic acids is 2. The number of aromatic nitrogens is 2. The summed E-state index contributed by atoms with van der Waals surface area (Å²) >= 11 is 0. The van der Waals surface area contributed by atoms with Gasteiger partial charge in [-0.3, -0.25) is 9.59 Å². The first-order chi connectivity index (χ1) is 12.7. The van der Waals surface area contributed by atoms with Crippen LogP contribution >= 0.6 is 0 Å². The van der Waals surface area contributed by atoms with Crippen LogP contribution in [0.2, 0.25) is 0 Å². The standard InChI is InChI=1S/C19H24N4O3/c1-26-10-9-23-17(24)11-16(18(23)14-5-3-2-4-6-14)19(25)21-8-7-15-12-20-13-22-15/h2-6,12-13,16,18H,7-11H2,1H3,(H,20,22)(H,21,25)/t16-,18+/m1/s1. The monoisotopic (exact) mass is 356 g/mol. The van der Waals surface area contributed by atoms with E-state index in [0.29, 0.717) is 26.1 Å². The lowest BCUT2D eigenvalue weighted by molar-refractivity contribution is -0.129. The third kappa shape index (κ3) is 4.11. The van der Waals surface area contributed by atoms with Gasteiger partial charge in [-0.25, -0.2) is 4.98 Å². The number of amides is 2. The van der Waals surface area contributed by atoms with Crippen LogP contribution in [0.25, 0.3) is 0 Å². The predicted molar refractivity (Wildman–Crippen MR) is 96.2 cm³/mol. The fraction of sp³-hybridized carbons (Fsp3) is 0.421. The average molecular weight is 356 g/mol. The van der Waals surface area contributed by atoms with E-state index in [1.54, 1.807) is 24.5 Å². The van der Waals surface area contributed by atoms with E-state index in [1.165, 1.54) is 0 Å². The second-order valence-corrected chi connectivity index (χ2v) is 6.36. The minimum Gasteiger partial charge on any atom is -0.383 e. The van der Waals surface area contributed by atoms with Crippen LogP contribution in [-0.4, -0.2) is 53.5 Å². The number of hydrogen-bond acceptors (Lipinski definition) is 4. The van der Waals surface area contributed by atoms with Gasteiger partial charge in [0.2, 0.25) is 11.8 Å². The summed E-state index contributed by atoms with van der Waals surface area (Å²) in [5, 5.41) is 2.96. The highest BCUT2D eigenvalue weighted by atomic mass is 16.5. The summed E-state index contributed by atoms with van der Waals surface area (Å²) in [4.78, 5) is 34.0. The quantitative estimate of drug-likeness (QED) is 0.746. The van der Waals surface area contributed by atoms with E-state index < -0.39 is 5.92 Å². The number of likely N-dealkylation sites (tertiary alicyclic amines) is 1. The van der Waals surface area contributed by atoms with Crippen LogP contribution in [0, 0.1) is 5.92 Å². The van der Waals surface area contributed by atoms with Crippen LogP contribution in [0.15, 0.2) is 42.9 Å². The Hall–Kier alpha value is -2.67. The molecule has 1 aromatic carbocycles. The molecule has 2 N–H and O–H groups in total. The predicted octanol–water partition coefficient (Wildman–Crippen LogP) is 1.30. The van der Waals surface area contributed by atoms with Crippen LogP contribution in [-0.2, 0) is 20.7 Å². The highest BCUT2D eigenvalue weighted by Crippen LogP contribution is 2.38. The molecule has 1 saturated heterocycles. The normalized spacial score (nSPS) is 19.7. The lowest BCUT2D eigenvalue weighted by Crippen LogP contribution is -2.37. The van der Waals surface area contributed by atoms with Crippen molar-refractivity contribution in [2.24, 2.45) is 5.92 Å². The Balaban J connectivity index is 1.70. The van der Waals surface area contributed by atoms with Crippen molar-refractivity contribution in [2.45, 2.75) is 18.9 Å². The zero-order valence-corrected chi connectivity index (χ0v) is 14.9. The molecule has 2 atom stereocenters. The Morgan fingerprint density at radius 2 is 2.19 bits per heavy atom. The van der Waals surface area contributed by atoms with Crippen LogP contribution < -0.4 is 5.32 Å². The lowest BCUT2D eigenvalue weighted by Gasteiger charge is -2.28. The van der Waals surface area contributed by atoms with E-state index in [1.807, 2.05) is 30.3 Å². The zero-order valence-electron chi connectivity index (χ0n) is 14.9. The smallest absolute Gasteiger partial charge is 0.226 e. The fourth-order valence-corrected chi connectivity index (χ4v) is 3.41. The van der Waals surface area contributed by atoms with Gasteiger partial charge >= 0.3 is 0 Å². The van der Waals surface area contributed by atoms with Crippen molar-refractivity contribution in [3.05, 3.63) is 54.1 Å². The molecular weight excluding hydrogens is 332 g/mol. The number of ether oxygens (including phenoxy) is 1. The molecule has 0 radical (unpaired) electrons. The van der Waals surface area contributed by atoms with Crippen molar-refractivity contribution < 1.29 is 14.3 Å². The zero-order chi connectivity index (χ0) is 18.4. The first-order valence-corrected chi connectivity index (χ1v) is 8.79. The summed E-state index contributed by atoms with van der Waals surface area (Å²) in [5.41, 5.74) is 1.94. The van der Waals surface area contributed by atoms with Crippen LogP contribution in [0.4, 0.5) is 0 Å². The average Bonchev–Trinajstić information content (AvgIpc) is 3.28. The van der Waals surface area contributed by atoms with Gasteiger partial charge in [0.25, 0.3) is 0 Å². The van der Waals surface area contributed by atoms with Gasteiger partial charge in [-0.2, -0.15) is 0 Å². The van der Waals surface area contributed by atoms with Crippen LogP contribution in [0.3, 0.4) is 0 Å². The van der Waals surface area contributed by atoms with Gasteiger partial charge in [-0.05, 0) is 5.56 Å². The van der Waals surface area contributed by atoms with Crippen LogP contribution in [0.1, 0.15) is 23.7 Å². The van der Waals surface area contributed by atoms with Gasteiger partial charge < -0.3 is 19.9 Å². The van der Waals surface area contributed by atoms with Gasteiger partial charge in [0, 0.05) is 44.9 Å². The molecular formula is C19H24N4O3. The number of rotatable bonds is 8. The fourth-order valence-electron chi connectivity index (χ4n) is 3.41. The molecule has 1 aromatic heterocycles. The number of nitrogens with zero attached hydrogens (tertiary/aromatic N) is 2. The van der Waals surface area contributed by atoms with Gasteiger partial charge in [-0.15, -0.1) is 0 Å². The van der Waals surface area contributed by atoms with E-state index in [9.17, 15) is 9.59 Å². The van der Waals surface area contributed by atoms with Crippen molar-refractivity contribution in [3.63, 3.8) is 0 Å². The Morgan fingerprint density at radius 1 is 1.38 bits per heavy atom. The van der Waals surface area contributed by atoms with Crippen molar-refractivity contribution in [1.82, 2.24) is 20.2 Å². The van der Waals surface area contributed by atoms with E-state index in [4.69, 9.17) is 4.74 Å². The third-order valence-electron chi connectivity index (χ3n) is 4.69. The van der Waals surface area contributed by atoms with Gasteiger partial charge in [0.15, 0.2) is 0 Å². The molecule has 0 unspecified atom stereocenters. The van der Waals surface area contributed by atoms with E-state index in [-0.39, 0.29) is 24.3 Å². The number of nitrogens with one attached hydrogen (secondary N) is 2. The maximum atomic E-state index is 12.8. The topological polar surface area (TPSA) is 87.3 Å². The summed E-state index contributed by atoms with van der Waals surface area (Å²) < 4.78 is 5.13. The number of benzene rings is 1. The molecule has 0 spiro atoms. The number of aromatic amines is 1. The van der Waals surface area contributed by atoms with E-state index in [2.05, 4.69) is 15.3 Å². The molecule has 26 heavy (non-hydrogen) atoms. The first-order valence-electron chi connectivity index (χ1n) is 8.79. The Labute approximate surface area is 152 Å². The molecule has 0 aliphatic carbocycles. The molecule has 138 valence electrons. The van der Waals surface area contributed by atoms with E-state index in [0.717, 1.165) is 11.3 Å². The molecule has 1 fully saturated rings. The summed E-state index contributed by atoms with van der Waals surface area (Å²) in [6.45, 7) is 1.43. The Kier molecular flexibility index (Phi) is 6.01. The second-order valence-electron chi connectivity index (χ2n) is 6.36. The Morgan fingerprint density at radius 3 is 2.88 bits per heavy atom. The molecule has 3 rings (SSSR count). The summed E-state index contributed by atoms with van der Waals surface area (Å²) in [5.74, 6) is -0.500. The molecule has 1 aliphatic heterocycles. The molecule has 1 aliphatic rings. The number of imidazole rings is 1. The molecule has 2 aromatic rings. The highest BCUT2D eigenvalue weighted by Gasteiger charge is 2.44. The summed E-state index contributed by atoms with van der Waals surface area (Å²) in [7, 11) is 1.61. The third-order valence-corrected chi connectivity index (χ3v) is 4.69. The number of H-pyrrole nitrogens is 1. The summed E-state index contributed by atoms with van der Waals surface area (Å²) in [6, 6.07) is 9.46. The SMILES string of the molecule is COCCN1C(=O)C[C@@H](C(=O)NCCc2cnc[nH]2)[C@@H]1c1ccccc1. The second kappa shape index (κ2) is 8.62. The van der Waals surface area contributed by atoms with E-state index >= 15 is 0 Å². The minimum absolute atomic E-state index is 0.00961. The molecule has 7 nitrogen and oxygen atoms in total. The molecule has 2 heterocycles. The van der Waals surface area contributed by atoms with Gasteiger partial charge in [0.1, 0.15) is 0 Å².